The number of hydrogen-bond donors (Lipinski definition) is 0. The minimum atomic E-state index is -0.944. The van der Waals surface area contributed by atoms with Gasteiger partial charge in [0.25, 0.3) is 0 Å². The smallest absolute Gasteiger partial charge is 0.334 e. The van der Waals surface area contributed by atoms with Crippen molar-refractivity contribution >= 4 is 23.6 Å². The van der Waals surface area contributed by atoms with Crippen molar-refractivity contribution in [3.05, 3.63) is 23.0 Å². The first-order chi connectivity index (χ1) is 11.8. The summed E-state index contributed by atoms with van der Waals surface area (Å²) in [7, 11) is 1.60. The summed E-state index contributed by atoms with van der Waals surface area (Å²) in [6.45, 7) is 6.32. The Morgan fingerprint density at radius 3 is 2.32 bits per heavy atom. The highest BCUT2D eigenvalue weighted by molar-refractivity contribution is 6.45. The Bertz CT molecular complexity index is 722. The highest BCUT2D eigenvalue weighted by Gasteiger charge is 2.44. The number of methoxy groups -OCH3 is 1. The average Bonchev–Trinajstić information content (AvgIpc) is 2.97. The summed E-state index contributed by atoms with van der Waals surface area (Å²) in [5.41, 5.74) is 2.08. The van der Waals surface area contributed by atoms with Crippen LogP contribution in [0, 0.1) is 13.8 Å². The van der Waals surface area contributed by atoms with E-state index in [1.165, 1.54) is 0 Å². The van der Waals surface area contributed by atoms with Gasteiger partial charge in [-0.15, -0.1) is 0 Å². The molecule has 0 atom stereocenters. The van der Waals surface area contributed by atoms with Gasteiger partial charge in [-0.1, -0.05) is 6.92 Å². The van der Waals surface area contributed by atoms with Crippen LogP contribution in [0.3, 0.4) is 0 Å². The number of imide groups is 2. The fourth-order valence-corrected chi connectivity index (χ4v) is 2.95. The molecule has 8 nitrogen and oxygen atoms in total. The molecule has 0 aliphatic carbocycles. The standard InChI is InChI=1S/C17H23N3O5/c1-5-6-19-15(22)16(23)20(17(19)24)10-14(21)13-9-11(2)18(12(13)3)7-8-25-4/h9H,5-8,10H2,1-4H3. The molecule has 0 N–H and O–H groups in total. The van der Waals surface area contributed by atoms with E-state index in [1.807, 2.05) is 11.5 Å². The largest absolute Gasteiger partial charge is 0.383 e. The highest BCUT2D eigenvalue weighted by Crippen LogP contribution is 2.18. The molecule has 0 spiro atoms. The molecule has 1 aromatic rings. The number of urea groups is 1. The second-order valence-electron chi connectivity index (χ2n) is 5.98. The molecule has 1 aliphatic rings. The normalized spacial score (nSPS) is 14.8. The summed E-state index contributed by atoms with van der Waals surface area (Å²) in [5.74, 6) is -2.19. The van der Waals surface area contributed by atoms with Crippen LogP contribution in [0.15, 0.2) is 6.07 Å². The molecule has 8 heteroatoms. The van der Waals surface area contributed by atoms with Gasteiger partial charge in [0.2, 0.25) is 0 Å². The molecule has 0 radical (unpaired) electrons. The van der Waals surface area contributed by atoms with E-state index in [2.05, 4.69) is 0 Å². The number of Topliss-reactive ketones (excluding diaryl/α,β-unsaturated/α-hetero) is 1. The zero-order valence-electron chi connectivity index (χ0n) is 15.0. The maximum Gasteiger partial charge on any atom is 0.334 e. The third-order valence-corrected chi connectivity index (χ3v) is 4.28. The van der Waals surface area contributed by atoms with Gasteiger partial charge in [-0.3, -0.25) is 19.3 Å². The first-order valence-electron chi connectivity index (χ1n) is 8.19. The predicted octanol–water partition coefficient (Wildman–Crippen LogP) is 1.13. The van der Waals surface area contributed by atoms with Crippen LogP contribution in [0.2, 0.25) is 0 Å². The summed E-state index contributed by atoms with van der Waals surface area (Å²) in [4.78, 5) is 50.3. The van der Waals surface area contributed by atoms with E-state index in [-0.39, 0.29) is 12.3 Å². The minimum Gasteiger partial charge on any atom is -0.383 e. The fourth-order valence-electron chi connectivity index (χ4n) is 2.95. The third kappa shape index (κ3) is 3.48. The molecule has 2 heterocycles. The highest BCUT2D eigenvalue weighted by atomic mass is 16.5. The van der Waals surface area contributed by atoms with E-state index in [4.69, 9.17) is 4.74 Å². The van der Waals surface area contributed by atoms with E-state index < -0.39 is 24.4 Å². The first-order valence-corrected chi connectivity index (χ1v) is 8.19. The Labute approximate surface area is 146 Å². The third-order valence-electron chi connectivity index (χ3n) is 4.28. The number of carbonyl (C=O) groups is 4. The van der Waals surface area contributed by atoms with Crippen LogP contribution in [0.25, 0.3) is 0 Å². The Balaban J connectivity index is 2.19. The molecular formula is C17H23N3O5. The lowest BCUT2D eigenvalue weighted by Crippen LogP contribution is -2.37. The SMILES string of the molecule is CCCN1C(=O)C(=O)N(CC(=O)c2cc(C)n(CCOC)c2C)C1=O. The van der Waals surface area contributed by atoms with E-state index in [1.54, 1.807) is 27.0 Å². The second kappa shape index (κ2) is 7.60. The summed E-state index contributed by atoms with van der Waals surface area (Å²) < 4.78 is 7.00. The van der Waals surface area contributed by atoms with Crippen LogP contribution < -0.4 is 0 Å². The lowest BCUT2D eigenvalue weighted by molar-refractivity contribution is -0.143. The van der Waals surface area contributed by atoms with Crippen molar-refractivity contribution in [2.45, 2.75) is 33.7 Å². The minimum absolute atomic E-state index is 0.166. The van der Waals surface area contributed by atoms with Gasteiger partial charge >= 0.3 is 17.8 Å². The molecule has 1 saturated heterocycles. The number of aromatic nitrogens is 1. The molecule has 0 unspecified atom stereocenters. The molecule has 1 fully saturated rings. The van der Waals surface area contributed by atoms with E-state index >= 15 is 0 Å². The van der Waals surface area contributed by atoms with Gasteiger partial charge < -0.3 is 9.30 Å². The van der Waals surface area contributed by atoms with Crippen molar-refractivity contribution in [2.24, 2.45) is 0 Å². The summed E-state index contributed by atoms with van der Waals surface area (Å²) in [5, 5.41) is 0. The quantitative estimate of drug-likeness (QED) is 0.399. The number of carbonyl (C=O) groups excluding carboxylic acids is 4. The van der Waals surface area contributed by atoms with Crippen LogP contribution in [-0.4, -0.2) is 64.8 Å². The maximum absolute atomic E-state index is 12.6. The van der Waals surface area contributed by atoms with Crippen molar-refractivity contribution in [2.75, 3.05) is 26.8 Å². The average molecular weight is 349 g/mol. The topological polar surface area (TPSA) is 88.9 Å². The van der Waals surface area contributed by atoms with Gasteiger partial charge in [-0.05, 0) is 26.3 Å². The Morgan fingerprint density at radius 1 is 1.08 bits per heavy atom. The number of ketones is 1. The number of amides is 4. The Hall–Kier alpha value is -2.48. The molecule has 0 bridgehead atoms. The number of nitrogens with zero attached hydrogens (tertiary/aromatic N) is 3. The van der Waals surface area contributed by atoms with Gasteiger partial charge in [0, 0.05) is 37.2 Å². The lowest BCUT2D eigenvalue weighted by Gasteiger charge is -2.14. The van der Waals surface area contributed by atoms with Crippen molar-refractivity contribution in [1.82, 2.24) is 14.4 Å². The molecule has 1 aromatic heterocycles. The molecule has 25 heavy (non-hydrogen) atoms. The first kappa shape index (κ1) is 18.9. The molecule has 1 aliphatic heterocycles. The van der Waals surface area contributed by atoms with Crippen LogP contribution in [0.5, 0.6) is 0 Å². The van der Waals surface area contributed by atoms with Crippen LogP contribution in [-0.2, 0) is 20.9 Å². The van der Waals surface area contributed by atoms with Gasteiger partial charge in [-0.25, -0.2) is 9.69 Å². The molecule has 136 valence electrons. The zero-order chi connectivity index (χ0) is 18.7. The molecular weight excluding hydrogens is 326 g/mol. The maximum atomic E-state index is 12.6. The van der Waals surface area contributed by atoms with Crippen molar-refractivity contribution in [3.63, 3.8) is 0 Å². The van der Waals surface area contributed by atoms with E-state index in [0.29, 0.717) is 25.1 Å². The van der Waals surface area contributed by atoms with Gasteiger partial charge in [0.15, 0.2) is 5.78 Å². The number of aryl methyl sites for hydroxylation is 1. The zero-order valence-corrected chi connectivity index (χ0v) is 15.0. The second-order valence-corrected chi connectivity index (χ2v) is 5.98. The summed E-state index contributed by atoms with van der Waals surface area (Å²) in [6, 6.07) is 1.00. The number of ether oxygens (including phenoxy) is 1. The van der Waals surface area contributed by atoms with Crippen LogP contribution in [0.1, 0.15) is 35.1 Å². The van der Waals surface area contributed by atoms with Crippen LogP contribution >= 0.6 is 0 Å². The number of rotatable bonds is 8. The molecule has 0 saturated carbocycles. The summed E-state index contributed by atoms with van der Waals surface area (Å²) >= 11 is 0. The van der Waals surface area contributed by atoms with Crippen molar-refractivity contribution in [1.29, 1.82) is 0 Å². The lowest BCUT2D eigenvalue weighted by atomic mass is 10.1. The number of hydrogen-bond acceptors (Lipinski definition) is 5. The van der Waals surface area contributed by atoms with Crippen molar-refractivity contribution in [3.8, 4) is 0 Å². The Morgan fingerprint density at radius 2 is 1.72 bits per heavy atom. The molecule has 4 amide bonds. The van der Waals surface area contributed by atoms with E-state index in [0.717, 1.165) is 21.2 Å². The van der Waals surface area contributed by atoms with Gasteiger partial charge in [0.05, 0.1) is 13.2 Å². The molecule has 0 aromatic carbocycles. The monoisotopic (exact) mass is 349 g/mol. The van der Waals surface area contributed by atoms with E-state index in [9.17, 15) is 19.2 Å². The van der Waals surface area contributed by atoms with Gasteiger partial charge in [0.1, 0.15) is 0 Å². The predicted molar refractivity (Wildman–Crippen MR) is 89.2 cm³/mol. The Kier molecular flexibility index (Phi) is 5.73. The summed E-state index contributed by atoms with van der Waals surface area (Å²) in [6.07, 6.45) is 0.549. The van der Waals surface area contributed by atoms with Crippen molar-refractivity contribution < 1.29 is 23.9 Å². The fraction of sp³-hybridized carbons (Fsp3) is 0.529. The van der Waals surface area contributed by atoms with Gasteiger partial charge in [-0.2, -0.15) is 0 Å². The van der Waals surface area contributed by atoms with Crippen LogP contribution in [0.4, 0.5) is 4.79 Å². The molecule has 2 rings (SSSR count).